The number of aliphatic hydroxyl groups is 2. The van der Waals surface area contributed by atoms with Gasteiger partial charge in [0.2, 0.25) is 5.95 Å². The highest BCUT2D eigenvalue weighted by Crippen LogP contribution is 2.40. The molecule has 14 nitrogen and oxygen atoms in total. The van der Waals surface area contributed by atoms with Crippen molar-refractivity contribution in [3.63, 3.8) is 0 Å². The van der Waals surface area contributed by atoms with Crippen LogP contribution in [0.2, 0.25) is 0 Å². The van der Waals surface area contributed by atoms with Gasteiger partial charge >= 0.3 is 8.25 Å². The number of nitrogen functional groups attached to an aromatic ring is 1. The van der Waals surface area contributed by atoms with Crippen molar-refractivity contribution >= 4 is 42.2 Å². The minimum Gasteiger partial charge on any atom is -0.387 e. The van der Waals surface area contributed by atoms with Crippen molar-refractivity contribution in [1.82, 2.24) is 19.5 Å². The fourth-order valence-electron chi connectivity index (χ4n) is 3.56. The highest BCUT2D eigenvalue weighted by Gasteiger charge is 2.53. The predicted molar refractivity (Wildman–Crippen MR) is 127 cm³/mol. The summed E-state index contributed by atoms with van der Waals surface area (Å²) in [6.45, 7) is 4.81. The van der Waals surface area contributed by atoms with Gasteiger partial charge in [0.05, 0.1) is 31.6 Å². The smallest absolute Gasteiger partial charge is 0.319 e. The molecule has 2 aromatic heterocycles. The third-order valence-electron chi connectivity index (χ3n) is 5.42. The van der Waals surface area contributed by atoms with Gasteiger partial charge < -0.3 is 34.5 Å². The second kappa shape index (κ2) is 11.0. The molecule has 0 aromatic carbocycles. The lowest BCUT2D eigenvalue weighted by Gasteiger charge is -2.27. The molecule has 0 radical (unpaired) electrons. The van der Waals surface area contributed by atoms with Crippen molar-refractivity contribution in [1.29, 1.82) is 0 Å². The van der Waals surface area contributed by atoms with E-state index in [0.29, 0.717) is 0 Å². The van der Waals surface area contributed by atoms with Crippen LogP contribution in [0.1, 0.15) is 27.0 Å². The van der Waals surface area contributed by atoms with Crippen LogP contribution in [0.25, 0.3) is 11.2 Å². The number of rotatable bonds is 11. The number of aromatic amines is 1. The van der Waals surface area contributed by atoms with E-state index in [-0.39, 0.29) is 47.8 Å². The number of nitrogens with two attached hydrogens (primary N) is 1. The molecule has 5 atom stereocenters. The van der Waals surface area contributed by atoms with E-state index >= 15 is 0 Å². The number of carbonyl (C=O) groups is 1. The minimum absolute atomic E-state index is 0.00828. The summed E-state index contributed by atoms with van der Waals surface area (Å²) in [6, 6.07) is 0. The Hall–Kier alpha value is -1.84. The zero-order valence-electron chi connectivity index (χ0n) is 19.7. The van der Waals surface area contributed by atoms with Gasteiger partial charge in [-0.3, -0.25) is 23.7 Å². The zero-order chi connectivity index (χ0) is 26.0. The number of thioether (sulfide) groups is 1. The SMILES string of the molecule is COCC(C)(C)C(=O)SCCO[PH](=O)OC[C@H]1O[C@@H](n2cnc3c(=O)[nH]c(N)nc32)C(C)(O)C1O. The number of aromatic nitrogens is 4. The summed E-state index contributed by atoms with van der Waals surface area (Å²) in [5, 5.41) is 21.4. The molecular weight excluding hydrogens is 505 g/mol. The number of methoxy groups -OCH3 is 1. The normalized spacial score (nSPS) is 25.8. The van der Waals surface area contributed by atoms with Gasteiger partial charge in [-0.25, -0.2) is 4.98 Å². The van der Waals surface area contributed by atoms with Gasteiger partial charge in [0.15, 0.2) is 22.5 Å². The van der Waals surface area contributed by atoms with Crippen molar-refractivity contribution in [3.05, 3.63) is 16.7 Å². The summed E-state index contributed by atoms with van der Waals surface area (Å²) in [6.07, 6.45) is -2.46. The molecule has 1 fully saturated rings. The van der Waals surface area contributed by atoms with Gasteiger partial charge in [0.25, 0.3) is 5.56 Å². The number of ether oxygens (including phenoxy) is 2. The summed E-state index contributed by atoms with van der Waals surface area (Å²) in [5.74, 6) is 0.119. The van der Waals surface area contributed by atoms with Crippen molar-refractivity contribution in [2.75, 3.05) is 38.4 Å². The third kappa shape index (κ3) is 6.12. The number of fused-ring (bicyclic) bond motifs is 1. The van der Waals surface area contributed by atoms with E-state index in [4.69, 9.17) is 24.3 Å². The second-order valence-electron chi connectivity index (χ2n) is 8.84. The maximum absolute atomic E-state index is 12.2. The molecule has 1 aliphatic heterocycles. The van der Waals surface area contributed by atoms with Gasteiger partial charge in [-0.05, 0) is 20.8 Å². The second-order valence-corrected chi connectivity index (χ2v) is 11.0. The number of carbonyl (C=O) groups excluding carboxylic acids is 1. The number of H-pyrrole nitrogens is 1. The van der Waals surface area contributed by atoms with Crippen LogP contribution in [0, 0.1) is 5.41 Å². The molecule has 35 heavy (non-hydrogen) atoms. The molecule has 0 aliphatic carbocycles. The van der Waals surface area contributed by atoms with Crippen molar-refractivity contribution in [2.24, 2.45) is 5.41 Å². The lowest BCUT2D eigenvalue weighted by Crippen LogP contribution is -2.44. The average molecular weight is 536 g/mol. The minimum atomic E-state index is -2.96. The lowest BCUT2D eigenvalue weighted by atomic mass is 9.96. The Balaban J connectivity index is 1.54. The molecule has 16 heteroatoms. The molecule has 0 saturated carbocycles. The molecule has 2 aromatic rings. The molecule has 0 amide bonds. The summed E-state index contributed by atoms with van der Waals surface area (Å²) >= 11 is 1.04. The molecule has 1 aliphatic rings. The van der Waals surface area contributed by atoms with E-state index < -0.39 is 43.3 Å². The Kier molecular flexibility index (Phi) is 8.76. The van der Waals surface area contributed by atoms with E-state index in [1.54, 1.807) is 13.8 Å². The molecule has 196 valence electrons. The van der Waals surface area contributed by atoms with Gasteiger partial charge in [-0.2, -0.15) is 4.98 Å². The Morgan fingerprint density at radius 3 is 2.86 bits per heavy atom. The van der Waals surface area contributed by atoms with Gasteiger partial charge in [0.1, 0.15) is 17.8 Å². The zero-order valence-corrected chi connectivity index (χ0v) is 21.5. The number of nitrogens with zero attached hydrogens (tertiary/aromatic N) is 3. The van der Waals surface area contributed by atoms with Crippen molar-refractivity contribution in [2.45, 2.75) is 44.8 Å². The predicted octanol–water partition coefficient (Wildman–Crippen LogP) is 0.0664. The maximum atomic E-state index is 12.2. The van der Waals surface area contributed by atoms with Crippen molar-refractivity contribution < 1.29 is 38.1 Å². The van der Waals surface area contributed by atoms with Crippen LogP contribution in [0.5, 0.6) is 0 Å². The quantitative estimate of drug-likeness (QED) is 0.223. The van der Waals surface area contributed by atoms with E-state index in [0.717, 1.165) is 11.8 Å². The van der Waals surface area contributed by atoms with Crippen molar-refractivity contribution in [3.8, 4) is 0 Å². The van der Waals surface area contributed by atoms with Crippen LogP contribution in [0.3, 0.4) is 0 Å². The lowest BCUT2D eigenvalue weighted by molar-refractivity contribution is -0.120. The van der Waals surface area contributed by atoms with Crippen LogP contribution >= 0.6 is 20.0 Å². The molecule has 3 rings (SSSR count). The van der Waals surface area contributed by atoms with Crippen LogP contribution in [0.15, 0.2) is 11.1 Å². The van der Waals surface area contributed by atoms with Gasteiger partial charge in [-0.15, -0.1) is 0 Å². The maximum Gasteiger partial charge on any atom is 0.319 e. The van der Waals surface area contributed by atoms with E-state index in [9.17, 15) is 24.4 Å². The summed E-state index contributed by atoms with van der Waals surface area (Å²) in [4.78, 5) is 34.5. The standard InChI is InChI=1S/C19H30N5O9PS/c1-18(2,8-30-4)16(27)35-6-5-31-34(29)32-7-10-12(25)19(3,28)15(33-10)24-9-21-11-13(24)22-17(20)23-14(11)26/h9-10,12,15,25,28,34H,5-8H2,1-4H3,(H3,20,22,23,26)/t10-,12?,15-,19?/m1/s1. The summed E-state index contributed by atoms with van der Waals surface area (Å²) in [7, 11) is -1.44. The monoisotopic (exact) mass is 535 g/mol. The molecule has 0 spiro atoms. The molecule has 3 heterocycles. The largest absolute Gasteiger partial charge is 0.387 e. The summed E-state index contributed by atoms with van der Waals surface area (Å²) < 4.78 is 34.5. The number of nitrogens with one attached hydrogen (secondary N) is 1. The number of hydrogen-bond donors (Lipinski definition) is 4. The number of anilines is 1. The van der Waals surface area contributed by atoms with Gasteiger partial charge in [0, 0.05) is 12.9 Å². The Morgan fingerprint density at radius 2 is 2.17 bits per heavy atom. The highest BCUT2D eigenvalue weighted by molar-refractivity contribution is 8.13. The summed E-state index contributed by atoms with van der Waals surface area (Å²) in [5.41, 5.74) is 2.59. The fourth-order valence-corrected chi connectivity index (χ4v) is 5.16. The third-order valence-corrected chi connectivity index (χ3v) is 7.45. The van der Waals surface area contributed by atoms with Crippen LogP contribution in [-0.2, 0) is 27.9 Å². The van der Waals surface area contributed by atoms with Gasteiger partial charge in [-0.1, -0.05) is 11.8 Å². The van der Waals surface area contributed by atoms with E-state index in [2.05, 4.69) is 15.0 Å². The number of hydrogen-bond acceptors (Lipinski definition) is 13. The van der Waals surface area contributed by atoms with E-state index in [1.807, 2.05) is 0 Å². The van der Waals surface area contributed by atoms with Crippen LogP contribution in [-0.4, -0.2) is 85.3 Å². The molecular formula is C19H30N5O9PS. The van der Waals surface area contributed by atoms with Crippen LogP contribution in [0.4, 0.5) is 5.95 Å². The molecule has 0 bridgehead atoms. The highest BCUT2D eigenvalue weighted by atomic mass is 32.2. The number of aliphatic hydroxyl groups excluding tert-OH is 1. The van der Waals surface area contributed by atoms with E-state index in [1.165, 1.54) is 24.9 Å². The first-order valence-electron chi connectivity index (χ1n) is 10.6. The molecule has 3 unspecified atom stereocenters. The molecule has 5 N–H and O–H groups in total. The molecule has 1 saturated heterocycles. The first-order chi connectivity index (χ1) is 16.4. The average Bonchev–Trinajstić information content (AvgIpc) is 3.28. The Bertz CT molecular complexity index is 1140. The Morgan fingerprint density at radius 1 is 1.46 bits per heavy atom. The Labute approximate surface area is 205 Å². The fraction of sp³-hybridized carbons (Fsp3) is 0.684. The first-order valence-corrected chi connectivity index (χ1v) is 12.8. The van der Waals surface area contributed by atoms with Crippen LogP contribution < -0.4 is 11.3 Å². The first kappa shape index (κ1) is 27.7. The topological polar surface area (TPSA) is 201 Å². The number of imidazole rings is 1.